The molecule has 0 atom stereocenters. The lowest BCUT2D eigenvalue weighted by Gasteiger charge is -2.19. The van der Waals surface area contributed by atoms with Gasteiger partial charge in [0.2, 0.25) is 0 Å². The standard InChI is InChI=1S/C22H23N3O2/c1-25(21-10-6-18(13-23-21)22(26)24-19-7-8-19)14-15-3-4-17-12-20(27-2)9-5-16(17)11-15/h3-6,9-13,19H,7-8,14H2,1-2H3,(H,24,26). The van der Waals surface area contributed by atoms with Crippen LogP contribution in [-0.4, -0.2) is 31.1 Å². The first-order valence-electron chi connectivity index (χ1n) is 9.17. The van der Waals surface area contributed by atoms with Gasteiger partial charge in [-0.2, -0.15) is 0 Å². The normalized spacial score (nSPS) is 13.4. The Bertz CT molecular complexity index is 965. The molecule has 0 aliphatic heterocycles. The third-order valence-electron chi connectivity index (χ3n) is 4.85. The van der Waals surface area contributed by atoms with Crippen LogP contribution >= 0.6 is 0 Å². The van der Waals surface area contributed by atoms with Gasteiger partial charge in [0.15, 0.2) is 0 Å². The molecule has 138 valence electrons. The van der Waals surface area contributed by atoms with Gasteiger partial charge in [0.1, 0.15) is 11.6 Å². The Morgan fingerprint density at radius 3 is 2.63 bits per heavy atom. The van der Waals surface area contributed by atoms with Crippen molar-refractivity contribution in [2.75, 3.05) is 19.1 Å². The van der Waals surface area contributed by atoms with E-state index in [0.717, 1.165) is 36.3 Å². The van der Waals surface area contributed by atoms with Gasteiger partial charge >= 0.3 is 0 Å². The molecular formula is C22H23N3O2. The van der Waals surface area contributed by atoms with Crippen LogP contribution in [0.1, 0.15) is 28.8 Å². The number of rotatable bonds is 6. The molecule has 3 aromatic rings. The summed E-state index contributed by atoms with van der Waals surface area (Å²) < 4.78 is 5.28. The average Bonchev–Trinajstić information content (AvgIpc) is 3.51. The van der Waals surface area contributed by atoms with Crippen molar-refractivity contribution in [2.45, 2.75) is 25.4 Å². The first kappa shape index (κ1) is 17.3. The second-order valence-corrected chi connectivity index (χ2v) is 7.06. The van der Waals surface area contributed by atoms with Gasteiger partial charge in [0, 0.05) is 25.8 Å². The maximum atomic E-state index is 12.1. The van der Waals surface area contributed by atoms with Gasteiger partial charge in [0.25, 0.3) is 5.91 Å². The maximum absolute atomic E-state index is 12.1. The number of nitrogens with zero attached hydrogens (tertiary/aromatic N) is 2. The van der Waals surface area contributed by atoms with Crippen LogP contribution in [-0.2, 0) is 6.54 Å². The Hall–Kier alpha value is -3.08. The Labute approximate surface area is 159 Å². The van der Waals surface area contributed by atoms with Crippen molar-refractivity contribution >= 4 is 22.5 Å². The van der Waals surface area contributed by atoms with Crippen molar-refractivity contribution in [2.24, 2.45) is 0 Å². The van der Waals surface area contributed by atoms with Gasteiger partial charge in [-0.15, -0.1) is 0 Å². The quantitative estimate of drug-likeness (QED) is 0.726. The average molecular weight is 361 g/mol. The Kier molecular flexibility index (Phi) is 4.67. The van der Waals surface area contributed by atoms with Crippen LogP contribution in [0.15, 0.2) is 54.7 Å². The molecule has 0 bridgehead atoms. The lowest BCUT2D eigenvalue weighted by molar-refractivity contribution is 0.0950. The highest BCUT2D eigenvalue weighted by Crippen LogP contribution is 2.23. The van der Waals surface area contributed by atoms with Gasteiger partial charge in [-0.1, -0.05) is 18.2 Å². The zero-order valence-corrected chi connectivity index (χ0v) is 15.6. The van der Waals surface area contributed by atoms with E-state index in [1.165, 1.54) is 10.9 Å². The van der Waals surface area contributed by atoms with Crippen LogP contribution in [0.4, 0.5) is 5.82 Å². The van der Waals surface area contributed by atoms with Gasteiger partial charge in [-0.05, 0) is 59.5 Å². The first-order valence-corrected chi connectivity index (χ1v) is 9.17. The minimum absolute atomic E-state index is 0.0378. The molecule has 1 amide bonds. The lowest BCUT2D eigenvalue weighted by Crippen LogP contribution is -2.25. The number of methoxy groups -OCH3 is 1. The molecule has 1 saturated carbocycles. The van der Waals surface area contributed by atoms with E-state index in [-0.39, 0.29) is 5.91 Å². The third kappa shape index (κ3) is 4.03. The molecule has 4 rings (SSSR count). The van der Waals surface area contributed by atoms with Gasteiger partial charge in [-0.3, -0.25) is 4.79 Å². The van der Waals surface area contributed by atoms with Crippen molar-refractivity contribution in [3.8, 4) is 5.75 Å². The molecule has 0 unspecified atom stereocenters. The van der Waals surface area contributed by atoms with Gasteiger partial charge < -0.3 is 15.0 Å². The van der Waals surface area contributed by atoms with E-state index in [4.69, 9.17) is 4.74 Å². The fraction of sp³-hybridized carbons (Fsp3) is 0.273. The summed E-state index contributed by atoms with van der Waals surface area (Å²) in [6.07, 6.45) is 3.81. The van der Waals surface area contributed by atoms with Crippen LogP contribution in [0.5, 0.6) is 5.75 Å². The second-order valence-electron chi connectivity index (χ2n) is 7.06. The number of anilines is 1. The number of hydrogen-bond donors (Lipinski definition) is 1. The van der Waals surface area contributed by atoms with Crippen LogP contribution in [0.3, 0.4) is 0 Å². The minimum atomic E-state index is -0.0378. The van der Waals surface area contributed by atoms with E-state index >= 15 is 0 Å². The number of carbonyl (C=O) groups is 1. The number of aromatic nitrogens is 1. The highest BCUT2D eigenvalue weighted by atomic mass is 16.5. The van der Waals surface area contributed by atoms with Crippen molar-refractivity contribution in [3.63, 3.8) is 0 Å². The lowest BCUT2D eigenvalue weighted by atomic mass is 10.1. The summed E-state index contributed by atoms with van der Waals surface area (Å²) in [6.45, 7) is 0.739. The first-order chi connectivity index (χ1) is 13.1. The van der Waals surface area contributed by atoms with Crippen LogP contribution in [0.2, 0.25) is 0 Å². The summed E-state index contributed by atoms with van der Waals surface area (Å²) in [7, 11) is 3.68. The SMILES string of the molecule is COc1ccc2cc(CN(C)c3ccc(C(=O)NC4CC4)cn3)ccc2c1. The molecule has 0 radical (unpaired) electrons. The zero-order valence-electron chi connectivity index (χ0n) is 15.6. The third-order valence-corrected chi connectivity index (χ3v) is 4.85. The minimum Gasteiger partial charge on any atom is -0.497 e. The van der Waals surface area contributed by atoms with Crippen LogP contribution < -0.4 is 15.0 Å². The van der Waals surface area contributed by atoms with E-state index in [0.29, 0.717) is 11.6 Å². The van der Waals surface area contributed by atoms with Crippen molar-refractivity contribution in [3.05, 3.63) is 65.9 Å². The summed E-state index contributed by atoms with van der Waals surface area (Å²) in [6, 6.07) is 16.6. The monoisotopic (exact) mass is 361 g/mol. The Balaban J connectivity index is 1.45. The molecular weight excluding hydrogens is 338 g/mol. The number of fused-ring (bicyclic) bond motifs is 1. The van der Waals surface area contributed by atoms with Crippen molar-refractivity contribution in [1.82, 2.24) is 10.3 Å². The number of ether oxygens (including phenoxy) is 1. The zero-order chi connectivity index (χ0) is 18.8. The number of carbonyl (C=O) groups excluding carboxylic acids is 1. The highest BCUT2D eigenvalue weighted by molar-refractivity contribution is 5.94. The summed E-state index contributed by atoms with van der Waals surface area (Å²) >= 11 is 0. The molecule has 5 heteroatoms. The smallest absolute Gasteiger partial charge is 0.253 e. The predicted octanol–water partition coefficient (Wildman–Crippen LogP) is 3.77. The topological polar surface area (TPSA) is 54.5 Å². The maximum Gasteiger partial charge on any atom is 0.253 e. The summed E-state index contributed by atoms with van der Waals surface area (Å²) in [5.41, 5.74) is 1.81. The number of amides is 1. The Morgan fingerprint density at radius 1 is 1.15 bits per heavy atom. The fourth-order valence-corrected chi connectivity index (χ4v) is 3.10. The molecule has 1 heterocycles. The largest absolute Gasteiger partial charge is 0.497 e. The molecule has 1 aromatic heterocycles. The molecule has 0 saturated heterocycles. The van der Waals surface area contributed by atoms with Crippen molar-refractivity contribution in [1.29, 1.82) is 0 Å². The van der Waals surface area contributed by atoms with Crippen LogP contribution in [0, 0.1) is 0 Å². The highest BCUT2D eigenvalue weighted by Gasteiger charge is 2.23. The molecule has 1 N–H and O–H groups in total. The fourth-order valence-electron chi connectivity index (χ4n) is 3.10. The van der Waals surface area contributed by atoms with Crippen molar-refractivity contribution < 1.29 is 9.53 Å². The van der Waals surface area contributed by atoms with E-state index < -0.39 is 0 Å². The van der Waals surface area contributed by atoms with E-state index in [2.05, 4.69) is 39.5 Å². The van der Waals surface area contributed by atoms with Gasteiger partial charge in [-0.25, -0.2) is 4.98 Å². The summed E-state index contributed by atoms with van der Waals surface area (Å²) in [5, 5.41) is 5.32. The number of pyridine rings is 1. The van der Waals surface area contributed by atoms with E-state index in [1.807, 2.05) is 31.3 Å². The number of nitrogens with one attached hydrogen (secondary N) is 1. The molecule has 5 nitrogen and oxygen atoms in total. The molecule has 1 aliphatic rings. The molecule has 1 aliphatic carbocycles. The second kappa shape index (κ2) is 7.27. The molecule has 1 fully saturated rings. The Morgan fingerprint density at radius 2 is 1.93 bits per heavy atom. The molecule has 27 heavy (non-hydrogen) atoms. The number of hydrogen-bond acceptors (Lipinski definition) is 4. The number of benzene rings is 2. The summed E-state index contributed by atoms with van der Waals surface area (Å²) in [4.78, 5) is 18.6. The summed E-state index contributed by atoms with van der Waals surface area (Å²) in [5.74, 6) is 1.67. The van der Waals surface area contributed by atoms with Crippen LogP contribution in [0.25, 0.3) is 10.8 Å². The van der Waals surface area contributed by atoms with E-state index in [1.54, 1.807) is 13.3 Å². The molecule has 2 aromatic carbocycles. The van der Waals surface area contributed by atoms with Gasteiger partial charge in [0.05, 0.1) is 12.7 Å². The molecule has 0 spiro atoms. The van der Waals surface area contributed by atoms with E-state index in [9.17, 15) is 4.79 Å². The predicted molar refractivity (Wildman–Crippen MR) is 107 cm³/mol.